The van der Waals surface area contributed by atoms with Gasteiger partial charge in [-0.05, 0) is 17.7 Å². The van der Waals surface area contributed by atoms with Gasteiger partial charge >= 0.3 is 0 Å². The maximum Gasteiger partial charge on any atom is 0.224 e. The summed E-state index contributed by atoms with van der Waals surface area (Å²) in [7, 11) is 1.80. The van der Waals surface area contributed by atoms with Crippen molar-refractivity contribution in [2.24, 2.45) is 0 Å². The van der Waals surface area contributed by atoms with Crippen molar-refractivity contribution in [3.63, 3.8) is 0 Å². The van der Waals surface area contributed by atoms with Crippen molar-refractivity contribution in [2.75, 3.05) is 12.4 Å². The molecule has 2 aromatic carbocycles. The molecule has 0 bridgehead atoms. The topological polar surface area (TPSA) is 67.3 Å². The number of phenols is 1. The highest BCUT2D eigenvalue weighted by Gasteiger charge is 2.07. The van der Waals surface area contributed by atoms with Gasteiger partial charge in [0, 0.05) is 25.6 Å². The summed E-state index contributed by atoms with van der Waals surface area (Å²) >= 11 is 0. The van der Waals surface area contributed by atoms with E-state index < -0.39 is 0 Å². The number of ether oxygens (including phenoxy) is 1. The minimum atomic E-state index is 0.148. The highest BCUT2D eigenvalue weighted by molar-refractivity contribution is 5.41. The summed E-state index contributed by atoms with van der Waals surface area (Å²) in [4.78, 5) is 8.90. The van der Waals surface area contributed by atoms with E-state index in [2.05, 4.69) is 15.3 Å². The summed E-state index contributed by atoms with van der Waals surface area (Å²) in [6.45, 7) is 0. The monoisotopic (exact) mass is 307 g/mol. The minimum Gasteiger partial charge on any atom is -0.508 e. The largest absolute Gasteiger partial charge is 0.508 e. The Bertz CT molecular complexity index is 791. The maximum atomic E-state index is 9.52. The zero-order valence-electron chi connectivity index (χ0n) is 12.7. The second-order valence-corrected chi connectivity index (χ2v) is 5.02. The van der Waals surface area contributed by atoms with Crippen molar-refractivity contribution in [3.8, 4) is 17.4 Å². The Morgan fingerprint density at radius 3 is 2.57 bits per heavy atom. The van der Waals surface area contributed by atoms with Gasteiger partial charge in [-0.2, -0.15) is 4.98 Å². The third-order valence-electron chi connectivity index (χ3n) is 3.25. The van der Waals surface area contributed by atoms with Gasteiger partial charge in [0.2, 0.25) is 5.88 Å². The zero-order valence-corrected chi connectivity index (χ0v) is 12.7. The lowest BCUT2D eigenvalue weighted by Crippen LogP contribution is -2.02. The first-order chi connectivity index (χ1) is 11.2. The summed E-state index contributed by atoms with van der Waals surface area (Å²) in [5.41, 5.74) is 1.13. The fraction of sp³-hybridized carbons (Fsp3) is 0.111. The van der Waals surface area contributed by atoms with E-state index >= 15 is 0 Å². The van der Waals surface area contributed by atoms with Crippen LogP contribution in [0.5, 0.6) is 17.4 Å². The summed E-state index contributed by atoms with van der Waals surface area (Å²) in [6.07, 6.45) is 0.618. The van der Waals surface area contributed by atoms with Crippen molar-refractivity contribution >= 4 is 5.82 Å². The Morgan fingerprint density at radius 2 is 1.83 bits per heavy atom. The van der Waals surface area contributed by atoms with E-state index in [1.807, 2.05) is 30.3 Å². The number of nitrogens with one attached hydrogen (secondary N) is 1. The van der Waals surface area contributed by atoms with Gasteiger partial charge in [0.25, 0.3) is 0 Å². The van der Waals surface area contributed by atoms with Crippen LogP contribution in [0.2, 0.25) is 0 Å². The third-order valence-corrected chi connectivity index (χ3v) is 3.25. The number of nitrogens with zero attached hydrogens (tertiary/aromatic N) is 2. The fourth-order valence-electron chi connectivity index (χ4n) is 2.18. The van der Waals surface area contributed by atoms with Crippen LogP contribution in [0, 0.1) is 0 Å². The number of benzene rings is 2. The number of anilines is 1. The molecule has 116 valence electrons. The second kappa shape index (κ2) is 6.79. The molecule has 3 aromatic rings. The molecule has 2 N–H and O–H groups in total. The molecule has 0 aliphatic rings. The standard InChI is InChI=1S/C18H17N3O2/c1-19-16-12-18(23-15-9-5-8-14(22)11-15)21-17(20-16)10-13-6-3-2-4-7-13/h2-9,11-12,22H,10H2,1H3,(H,19,20,21). The molecule has 0 aliphatic heterocycles. The number of rotatable bonds is 5. The SMILES string of the molecule is CNc1cc(Oc2cccc(O)c2)nc(Cc2ccccc2)n1. The van der Waals surface area contributed by atoms with Gasteiger partial charge in [-0.15, -0.1) is 0 Å². The molecular weight excluding hydrogens is 290 g/mol. The van der Waals surface area contributed by atoms with Crippen LogP contribution in [0.1, 0.15) is 11.4 Å². The van der Waals surface area contributed by atoms with Gasteiger partial charge in [-0.1, -0.05) is 36.4 Å². The Labute approximate surface area is 134 Å². The molecule has 0 unspecified atom stereocenters. The van der Waals surface area contributed by atoms with Crippen LogP contribution in [0.4, 0.5) is 5.82 Å². The van der Waals surface area contributed by atoms with Crippen molar-refractivity contribution < 1.29 is 9.84 Å². The van der Waals surface area contributed by atoms with Gasteiger partial charge < -0.3 is 15.2 Å². The molecule has 1 heterocycles. The summed E-state index contributed by atoms with van der Waals surface area (Å²) in [6, 6.07) is 18.3. The molecule has 0 saturated heterocycles. The van der Waals surface area contributed by atoms with Gasteiger partial charge in [0.05, 0.1) is 0 Å². The Morgan fingerprint density at radius 1 is 1.00 bits per heavy atom. The molecule has 0 fully saturated rings. The van der Waals surface area contributed by atoms with Crippen molar-refractivity contribution in [1.29, 1.82) is 0 Å². The lowest BCUT2D eigenvalue weighted by Gasteiger charge is -2.09. The van der Waals surface area contributed by atoms with E-state index in [4.69, 9.17) is 4.74 Å². The van der Waals surface area contributed by atoms with Gasteiger partial charge in [-0.25, -0.2) is 4.98 Å². The highest BCUT2D eigenvalue weighted by Crippen LogP contribution is 2.25. The molecule has 0 saturated carbocycles. The van der Waals surface area contributed by atoms with Gasteiger partial charge in [0.1, 0.15) is 23.1 Å². The molecule has 0 radical (unpaired) electrons. The summed E-state index contributed by atoms with van der Waals surface area (Å²) in [5.74, 6) is 2.45. The van der Waals surface area contributed by atoms with Crippen LogP contribution in [-0.4, -0.2) is 22.1 Å². The summed E-state index contributed by atoms with van der Waals surface area (Å²) < 4.78 is 5.73. The Hall–Kier alpha value is -3.08. The Balaban J connectivity index is 1.87. The molecular formula is C18H17N3O2. The quantitative estimate of drug-likeness (QED) is 0.753. The number of aromatic hydroxyl groups is 1. The number of hydrogen-bond donors (Lipinski definition) is 2. The minimum absolute atomic E-state index is 0.148. The molecule has 1 aromatic heterocycles. The fourth-order valence-corrected chi connectivity index (χ4v) is 2.18. The first-order valence-electron chi connectivity index (χ1n) is 7.29. The molecule has 5 heteroatoms. The van der Waals surface area contributed by atoms with E-state index in [1.165, 1.54) is 6.07 Å². The number of phenolic OH excluding ortho intramolecular Hbond substituents is 1. The van der Waals surface area contributed by atoms with Crippen LogP contribution < -0.4 is 10.1 Å². The van der Waals surface area contributed by atoms with Crippen LogP contribution >= 0.6 is 0 Å². The predicted molar refractivity (Wildman–Crippen MR) is 89.0 cm³/mol. The maximum absolute atomic E-state index is 9.52. The van der Waals surface area contributed by atoms with Crippen LogP contribution in [-0.2, 0) is 6.42 Å². The van der Waals surface area contributed by atoms with Crippen molar-refractivity contribution in [2.45, 2.75) is 6.42 Å². The van der Waals surface area contributed by atoms with E-state index in [0.29, 0.717) is 29.7 Å². The van der Waals surface area contributed by atoms with Crippen LogP contribution in [0.15, 0.2) is 60.7 Å². The highest BCUT2D eigenvalue weighted by atomic mass is 16.5. The molecule has 0 spiro atoms. The smallest absolute Gasteiger partial charge is 0.224 e. The van der Waals surface area contributed by atoms with E-state index in [9.17, 15) is 5.11 Å². The van der Waals surface area contributed by atoms with E-state index in [0.717, 1.165) is 5.56 Å². The zero-order chi connectivity index (χ0) is 16.1. The lowest BCUT2D eigenvalue weighted by molar-refractivity contribution is 0.443. The van der Waals surface area contributed by atoms with E-state index in [-0.39, 0.29) is 5.75 Å². The molecule has 0 atom stereocenters. The first-order valence-corrected chi connectivity index (χ1v) is 7.29. The molecule has 0 amide bonds. The third kappa shape index (κ3) is 3.97. The van der Waals surface area contributed by atoms with Crippen LogP contribution in [0.3, 0.4) is 0 Å². The molecule has 3 rings (SSSR count). The van der Waals surface area contributed by atoms with Crippen LogP contribution in [0.25, 0.3) is 0 Å². The van der Waals surface area contributed by atoms with Crippen molar-refractivity contribution in [1.82, 2.24) is 9.97 Å². The number of aromatic nitrogens is 2. The van der Waals surface area contributed by atoms with Gasteiger partial charge in [0.15, 0.2) is 0 Å². The van der Waals surface area contributed by atoms with Crippen molar-refractivity contribution in [3.05, 3.63) is 72.1 Å². The number of hydrogen-bond acceptors (Lipinski definition) is 5. The normalized spacial score (nSPS) is 10.3. The lowest BCUT2D eigenvalue weighted by atomic mass is 10.1. The second-order valence-electron chi connectivity index (χ2n) is 5.02. The van der Waals surface area contributed by atoms with E-state index in [1.54, 1.807) is 31.3 Å². The first kappa shape index (κ1) is 14.8. The summed E-state index contributed by atoms with van der Waals surface area (Å²) in [5, 5.41) is 12.5. The average Bonchev–Trinajstić information content (AvgIpc) is 2.55. The predicted octanol–water partition coefficient (Wildman–Crippen LogP) is 3.61. The Kier molecular flexibility index (Phi) is 4.38. The molecule has 23 heavy (non-hydrogen) atoms. The molecule has 0 aliphatic carbocycles. The molecule has 5 nitrogen and oxygen atoms in total. The van der Waals surface area contributed by atoms with Gasteiger partial charge in [-0.3, -0.25) is 0 Å². The average molecular weight is 307 g/mol.